The fourth-order valence-corrected chi connectivity index (χ4v) is 3.47. The lowest BCUT2D eigenvalue weighted by Crippen LogP contribution is -2.48. The van der Waals surface area contributed by atoms with Crippen LogP contribution in [0.2, 0.25) is 0 Å². The lowest BCUT2D eigenvalue weighted by Gasteiger charge is -2.33. The maximum Gasteiger partial charge on any atom is 0.236 e. The van der Waals surface area contributed by atoms with Crippen LogP contribution in [0.3, 0.4) is 0 Å². The van der Waals surface area contributed by atoms with Crippen molar-refractivity contribution in [1.29, 1.82) is 0 Å². The average molecular weight is 296 g/mol. The third-order valence-electron chi connectivity index (χ3n) is 4.99. The van der Waals surface area contributed by atoms with Crippen molar-refractivity contribution in [2.45, 2.75) is 44.7 Å². The van der Waals surface area contributed by atoms with Gasteiger partial charge in [-0.1, -0.05) is 6.92 Å². The van der Waals surface area contributed by atoms with Crippen LogP contribution in [0.25, 0.3) is 0 Å². The number of likely N-dealkylation sites (N-methyl/N-ethyl adjacent to an activating group) is 2. The van der Waals surface area contributed by atoms with Crippen LogP contribution in [0.4, 0.5) is 0 Å². The molecule has 1 amide bonds. The summed E-state index contributed by atoms with van der Waals surface area (Å²) in [6, 6.07) is 1.37. The van der Waals surface area contributed by atoms with Crippen LogP contribution in [0, 0.1) is 0 Å². The van der Waals surface area contributed by atoms with Gasteiger partial charge in [-0.2, -0.15) is 0 Å². The monoisotopic (exact) mass is 296 g/mol. The average Bonchev–Trinajstić information content (AvgIpc) is 2.94. The SMILES string of the molecule is CCN1CCCC1CNC1CCN(CC(=O)N(C)C)CC1. The van der Waals surface area contributed by atoms with Gasteiger partial charge in [0.2, 0.25) is 5.91 Å². The molecule has 2 fully saturated rings. The minimum Gasteiger partial charge on any atom is -0.348 e. The Kier molecular flexibility index (Phi) is 6.45. The minimum atomic E-state index is 0.214. The van der Waals surface area contributed by atoms with Crippen LogP contribution in [-0.4, -0.2) is 86.1 Å². The normalized spacial score (nSPS) is 25.4. The van der Waals surface area contributed by atoms with Gasteiger partial charge in [-0.3, -0.25) is 14.6 Å². The third-order valence-corrected chi connectivity index (χ3v) is 4.99. The molecule has 5 heteroatoms. The highest BCUT2D eigenvalue weighted by Crippen LogP contribution is 2.17. The lowest BCUT2D eigenvalue weighted by atomic mass is 10.0. The van der Waals surface area contributed by atoms with E-state index in [9.17, 15) is 4.79 Å². The van der Waals surface area contributed by atoms with E-state index in [-0.39, 0.29) is 5.91 Å². The second kappa shape index (κ2) is 8.11. The molecule has 2 aliphatic rings. The Balaban J connectivity index is 1.64. The summed E-state index contributed by atoms with van der Waals surface area (Å²) in [5.74, 6) is 0.214. The Labute approximate surface area is 129 Å². The van der Waals surface area contributed by atoms with Gasteiger partial charge in [0.1, 0.15) is 0 Å². The summed E-state index contributed by atoms with van der Waals surface area (Å²) < 4.78 is 0. The highest BCUT2D eigenvalue weighted by molar-refractivity contribution is 5.77. The molecular weight excluding hydrogens is 264 g/mol. The summed E-state index contributed by atoms with van der Waals surface area (Å²) in [6.45, 7) is 8.50. The summed E-state index contributed by atoms with van der Waals surface area (Å²) in [7, 11) is 3.66. The fraction of sp³-hybridized carbons (Fsp3) is 0.938. The zero-order chi connectivity index (χ0) is 15.2. The molecule has 1 atom stereocenters. The molecule has 2 rings (SSSR count). The van der Waals surface area contributed by atoms with Gasteiger partial charge in [0, 0.05) is 45.8 Å². The molecule has 5 nitrogen and oxygen atoms in total. The Morgan fingerprint density at radius 1 is 1.19 bits per heavy atom. The van der Waals surface area contributed by atoms with Gasteiger partial charge in [0.15, 0.2) is 0 Å². The van der Waals surface area contributed by atoms with E-state index in [0.717, 1.165) is 25.7 Å². The molecule has 0 radical (unpaired) electrons. The number of nitrogens with zero attached hydrogens (tertiary/aromatic N) is 3. The largest absolute Gasteiger partial charge is 0.348 e. The van der Waals surface area contributed by atoms with Crippen molar-refractivity contribution >= 4 is 5.91 Å². The molecule has 21 heavy (non-hydrogen) atoms. The van der Waals surface area contributed by atoms with Crippen LogP contribution in [0.5, 0.6) is 0 Å². The first-order chi connectivity index (χ1) is 10.1. The van der Waals surface area contributed by atoms with E-state index in [2.05, 4.69) is 22.0 Å². The number of hydrogen-bond acceptors (Lipinski definition) is 4. The lowest BCUT2D eigenvalue weighted by molar-refractivity contribution is -0.130. The predicted molar refractivity (Wildman–Crippen MR) is 86.4 cm³/mol. The zero-order valence-corrected chi connectivity index (χ0v) is 14.0. The maximum absolute atomic E-state index is 11.7. The fourth-order valence-electron chi connectivity index (χ4n) is 3.47. The minimum absolute atomic E-state index is 0.214. The number of likely N-dealkylation sites (tertiary alicyclic amines) is 2. The Morgan fingerprint density at radius 2 is 1.90 bits per heavy atom. The number of carbonyl (C=O) groups is 1. The number of rotatable bonds is 6. The maximum atomic E-state index is 11.7. The Bertz CT molecular complexity index is 326. The standard InChI is InChI=1S/C16H32N4O/c1-4-20-9-5-6-15(20)12-17-14-7-10-19(11-8-14)13-16(21)18(2)3/h14-15,17H,4-13H2,1-3H3. The highest BCUT2D eigenvalue weighted by Gasteiger charge is 2.25. The molecule has 1 N–H and O–H groups in total. The quantitative estimate of drug-likeness (QED) is 0.780. The number of nitrogens with one attached hydrogen (secondary N) is 1. The van der Waals surface area contributed by atoms with Gasteiger partial charge >= 0.3 is 0 Å². The van der Waals surface area contributed by atoms with Gasteiger partial charge in [0.25, 0.3) is 0 Å². The zero-order valence-electron chi connectivity index (χ0n) is 14.0. The molecule has 0 saturated carbocycles. The van der Waals surface area contributed by atoms with Crippen molar-refractivity contribution in [3.05, 3.63) is 0 Å². The van der Waals surface area contributed by atoms with Crippen LogP contribution in [-0.2, 0) is 4.79 Å². The first-order valence-electron chi connectivity index (χ1n) is 8.50. The summed E-state index contributed by atoms with van der Waals surface area (Å²) in [4.78, 5) is 18.3. The highest BCUT2D eigenvalue weighted by atomic mass is 16.2. The van der Waals surface area contributed by atoms with E-state index in [1.54, 1.807) is 4.90 Å². The molecule has 2 heterocycles. The summed E-state index contributed by atoms with van der Waals surface area (Å²) in [6.07, 6.45) is 5.03. The van der Waals surface area contributed by atoms with E-state index in [1.165, 1.54) is 38.8 Å². The molecule has 0 bridgehead atoms. The summed E-state index contributed by atoms with van der Waals surface area (Å²) in [5.41, 5.74) is 0. The van der Waals surface area contributed by atoms with E-state index in [0.29, 0.717) is 12.6 Å². The number of piperidine rings is 1. The molecule has 0 spiro atoms. The first kappa shape index (κ1) is 16.7. The van der Waals surface area contributed by atoms with Gasteiger partial charge in [-0.15, -0.1) is 0 Å². The molecule has 0 aliphatic carbocycles. The molecule has 0 aromatic heterocycles. The van der Waals surface area contributed by atoms with Crippen molar-refractivity contribution in [3.8, 4) is 0 Å². The molecule has 2 aliphatic heterocycles. The van der Waals surface area contributed by atoms with Gasteiger partial charge < -0.3 is 10.2 Å². The van der Waals surface area contributed by atoms with Gasteiger partial charge in [-0.05, 0) is 38.8 Å². The molecule has 2 saturated heterocycles. The van der Waals surface area contributed by atoms with E-state index >= 15 is 0 Å². The van der Waals surface area contributed by atoms with Crippen molar-refractivity contribution in [2.24, 2.45) is 0 Å². The second-order valence-corrected chi connectivity index (χ2v) is 6.67. The van der Waals surface area contributed by atoms with Crippen molar-refractivity contribution < 1.29 is 4.79 Å². The number of amides is 1. The first-order valence-corrected chi connectivity index (χ1v) is 8.50. The molecule has 122 valence electrons. The molecule has 1 unspecified atom stereocenters. The predicted octanol–water partition coefficient (Wildman–Crippen LogP) is 0.613. The van der Waals surface area contributed by atoms with Crippen LogP contribution >= 0.6 is 0 Å². The van der Waals surface area contributed by atoms with E-state index in [1.807, 2.05) is 14.1 Å². The van der Waals surface area contributed by atoms with E-state index in [4.69, 9.17) is 0 Å². The van der Waals surface area contributed by atoms with Crippen molar-refractivity contribution in [1.82, 2.24) is 20.0 Å². The van der Waals surface area contributed by atoms with Crippen molar-refractivity contribution in [2.75, 3.05) is 53.4 Å². The Hall–Kier alpha value is -0.650. The molecular formula is C16H32N4O. The van der Waals surface area contributed by atoms with Gasteiger partial charge in [0.05, 0.1) is 6.54 Å². The smallest absolute Gasteiger partial charge is 0.236 e. The topological polar surface area (TPSA) is 38.8 Å². The van der Waals surface area contributed by atoms with Crippen LogP contribution in [0.15, 0.2) is 0 Å². The Morgan fingerprint density at radius 3 is 2.52 bits per heavy atom. The van der Waals surface area contributed by atoms with Crippen LogP contribution in [0.1, 0.15) is 32.6 Å². The summed E-state index contributed by atoms with van der Waals surface area (Å²) >= 11 is 0. The second-order valence-electron chi connectivity index (χ2n) is 6.67. The number of carbonyl (C=O) groups excluding carboxylic acids is 1. The third kappa shape index (κ3) is 4.94. The van der Waals surface area contributed by atoms with Crippen LogP contribution < -0.4 is 5.32 Å². The number of hydrogen-bond donors (Lipinski definition) is 1. The van der Waals surface area contributed by atoms with Gasteiger partial charge in [-0.25, -0.2) is 0 Å². The summed E-state index contributed by atoms with van der Waals surface area (Å²) in [5, 5.41) is 3.76. The van der Waals surface area contributed by atoms with E-state index < -0.39 is 0 Å². The van der Waals surface area contributed by atoms with Crippen molar-refractivity contribution in [3.63, 3.8) is 0 Å². The molecule has 0 aromatic carbocycles. The molecule has 0 aromatic rings.